The maximum Gasteiger partial charge on any atom is 0.263 e. The highest BCUT2D eigenvalue weighted by Crippen LogP contribution is 2.49. The second-order valence-corrected chi connectivity index (χ2v) is 15.2. The molecule has 2 heterocycles. The van der Waals surface area contributed by atoms with Gasteiger partial charge < -0.3 is 19.5 Å². The minimum Gasteiger partial charge on any atom is -0.491 e. The molecular formula is C35H49ClN2O5S. The van der Waals surface area contributed by atoms with E-state index < -0.39 is 22.7 Å². The van der Waals surface area contributed by atoms with Crippen LogP contribution < -0.4 is 14.4 Å². The summed E-state index contributed by atoms with van der Waals surface area (Å²) in [6.07, 6.45) is 5.80. The van der Waals surface area contributed by atoms with Gasteiger partial charge >= 0.3 is 0 Å². The van der Waals surface area contributed by atoms with Crippen molar-refractivity contribution in [2.24, 2.45) is 17.8 Å². The number of hydrogen-bond acceptors (Lipinski definition) is 6. The molecule has 44 heavy (non-hydrogen) atoms. The van der Waals surface area contributed by atoms with E-state index in [-0.39, 0.29) is 28.9 Å². The molecule has 1 fully saturated rings. The molecule has 2 N–H and O–H groups in total. The average molecular weight is 645 g/mol. The molecule has 1 aliphatic carbocycles. The first-order valence-corrected chi connectivity index (χ1v) is 17.9. The number of nitrogens with zero attached hydrogens (tertiary/aromatic N) is 1. The second-order valence-electron chi connectivity index (χ2n) is 13.3. The third-order valence-electron chi connectivity index (χ3n) is 10.7. The highest BCUT2D eigenvalue weighted by Gasteiger charge is 2.51. The standard InChI is InChI=1S/C35H49ClN2O5S/c1-6-8-25-17-29(36)12-13-30(25)28-20-38-19-27-10-14-31(27)35(42-5,24(4)39)16-7-9-22(2)23(3)44(41)37-34(40)26-11-15-33(43-21-28)32(38)18-26/h11-13,15,17-18,22-24,27-28,31,39H,6-10,14,16,19-21H2,1-5H3,(H,37,40). The lowest BCUT2D eigenvalue weighted by molar-refractivity contribution is -0.172. The summed E-state index contributed by atoms with van der Waals surface area (Å²) < 4.78 is 28.8. The number of aliphatic hydroxyl groups excluding tert-OH is 1. The van der Waals surface area contributed by atoms with Gasteiger partial charge in [-0.05, 0) is 105 Å². The van der Waals surface area contributed by atoms with Gasteiger partial charge in [0.05, 0.1) is 29.2 Å². The summed E-state index contributed by atoms with van der Waals surface area (Å²) in [6.45, 7) is 10.0. The van der Waals surface area contributed by atoms with E-state index in [4.69, 9.17) is 21.1 Å². The number of hydrogen-bond donors (Lipinski definition) is 2. The van der Waals surface area contributed by atoms with Crippen LogP contribution in [0.5, 0.6) is 5.75 Å². The van der Waals surface area contributed by atoms with Gasteiger partial charge in [0.15, 0.2) is 0 Å². The predicted molar refractivity (Wildman–Crippen MR) is 178 cm³/mol. The lowest BCUT2D eigenvalue weighted by Crippen LogP contribution is -2.57. The molecule has 8 unspecified atom stereocenters. The number of rotatable bonds is 5. The fourth-order valence-corrected chi connectivity index (χ4v) is 8.93. The fraction of sp³-hybridized carbons (Fsp3) is 0.629. The van der Waals surface area contributed by atoms with Crippen LogP contribution in [0.2, 0.25) is 5.02 Å². The lowest BCUT2D eigenvalue weighted by atomic mass is 9.61. The zero-order valence-electron chi connectivity index (χ0n) is 26.8. The number of nitrogens with one attached hydrogen (secondary N) is 1. The molecule has 2 aromatic rings. The SMILES string of the molecule is CCCc1cc(Cl)ccc1C1COc2ccc3cc2N(C1)CC1CCC1C(OC)(C(C)O)CCCC(C)C(C)S(=O)NC3=O. The smallest absolute Gasteiger partial charge is 0.263 e. The van der Waals surface area contributed by atoms with Gasteiger partial charge in [-0.15, -0.1) is 0 Å². The van der Waals surface area contributed by atoms with Gasteiger partial charge in [0.1, 0.15) is 16.7 Å². The number of anilines is 1. The van der Waals surface area contributed by atoms with E-state index in [0.29, 0.717) is 18.1 Å². The zero-order chi connectivity index (χ0) is 31.6. The molecule has 0 saturated heterocycles. The molecule has 8 atom stereocenters. The molecule has 1 amide bonds. The van der Waals surface area contributed by atoms with Crippen LogP contribution in [0.25, 0.3) is 0 Å². The van der Waals surface area contributed by atoms with Crippen LogP contribution in [0.3, 0.4) is 0 Å². The van der Waals surface area contributed by atoms with Gasteiger partial charge in [-0.2, -0.15) is 0 Å². The fourth-order valence-electron chi connectivity index (χ4n) is 7.69. The molecule has 2 aromatic carbocycles. The number of carbonyl (C=O) groups is 1. The summed E-state index contributed by atoms with van der Waals surface area (Å²) in [5.41, 5.74) is 3.18. The summed E-state index contributed by atoms with van der Waals surface area (Å²) in [5, 5.41) is 11.7. The molecule has 7 nitrogen and oxygen atoms in total. The summed E-state index contributed by atoms with van der Waals surface area (Å²) in [6, 6.07) is 11.7. The van der Waals surface area contributed by atoms with Crippen molar-refractivity contribution >= 4 is 34.2 Å². The number of methoxy groups -OCH3 is 1. The summed E-state index contributed by atoms with van der Waals surface area (Å²) >= 11 is 6.43. The van der Waals surface area contributed by atoms with Crippen molar-refractivity contribution < 1.29 is 23.6 Å². The van der Waals surface area contributed by atoms with Crippen LogP contribution in [0.1, 0.15) is 93.6 Å². The summed E-state index contributed by atoms with van der Waals surface area (Å²) in [5.74, 6) is 1.14. The normalized spacial score (nSPS) is 32.0. The molecule has 0 spiro atoms. The molecule has 2 bridgehead atoms. The number of aliphatic hydroxyl groups is 1. The molecule has 242 valence electrons. The first kappa shape index (κ1) is 33.2. The van der Waals surface area contributed by atoms with Gasteiger partial charge in [-0.25, -0.2) is 4.21 Å². The Bertz CT molecular complexity index is 1350. The number of ether oxygens (including phenoxy) is 2. The molecule has 0 aromatic heterocycles. The Balaban J connectivity index is 1.56. The number of benzene rings is 2. The molecule has 3 aliphatic rings. The molecule has 0 radical (unpaired) electrons. The second kappa shape index (κ2) is 14.1. The number of fused-ring (bicyclic) bond motifs is 2. The van der Waals surface area contributed by atoms with Crippen LogP contribution >= 0.6 is 11.6 Å². The zero-order valence-corrected chi connectivity index (χ0v) is 28.4. The largest absolute Gasteiger partial charge is 0.491 e. The lowest BCUT2D eigenvalue weighted by Gasteiger charge is -2.52. The van der Waals surface area contributed by atoms with E-state index in [2.05, 4.69) is 35.6 Å². The Kier molecular flexibility index (Phi) is 10.7. The topological polar surface area (TPSA) is 88.1 Å². The highest BCUT2D eigenvalue weighted by atomic mass is 35.5. The average Bonchev–Trinajstić information content (AvgIpc) is 3.16. The number of halogens is 1. The van der Waals surface area contributed by atoms with Gasteiger partial charge in [-0.1, -0.05) is 44.4 Å². The highest BCUT2D eigenvalue weighted by molar-refractivity contribution is 7.84. The van der Waals surface area contributed by atoms with E-state index in [9.17, 15) is 14.1 Å². The first-order valence-electron chi connectivity index (χ1n) is 16.3. The quantitative estimate of drug-likeness (QED) is 0.378. The van der Waals surface area contributed by atoms with E-state index in [0.717, 1.165) is 74.5 Å². The minimum atomic E-state index is -1.54. The molecule has 2 aliphatic heterocycles. The third-order valence-corrected chi connectivity index (χ3v) is 12.4. The van der Waals surface area contributed by atoms with E-state index in [1.54, 1.807) is 13.2 Å². The predicted octanol–water partition coefficient (Wildman–Crippen LogP) is 6.67. The summed E-state index contributed by atoms with van der Waals surface area (Å²) in [7, 11) is 0.203. The van der Waals surface area contributed by atoms with Gasteiger partial charge in [0.25, 0.3) is 5.91 Å². The number of carbonyl (C=O) groups excluding carboxylic acids is 1. The van der Waals surface area contributed by atoms with Crippen molar-refractivity contribution in [2.45, 2.75) is 95.5 Å². The maximum atomic E-state index is 13.4. The Morgan fingerprint density at radius 1 is 1.18 bits per heavy atom. The molecule has 5 rings (SSSR count). The third kappa shape index (κ3) is 6.69. The number of aryl methyl sites for hydroxylation is 1. The number of amides is 1. The van der Waals surface area contributed by atoms with Gasteiger partial charge in [0, 0.05) is 36.7 Å². The van der Waals surface area contributed by atoms with Gasteiger partial charge in [-0.3, -0.25) is 9.52 Å². The first-order chi connectivity index (χ1) is 21.1. The molecule has 1 saturated carbocycles. The van der Waals surface area contributed by atoms with Crippen LogP contribution in [0.15, 0.2) is 36.4 Å². The van der Waals surface area contributed by atoms with Crippen LogP contribution in [-0.4, -0.2) is 59.0 Å². The summed E-state index contributed by atoms with van der Waals surface area (Å²) in [4.78, 5) is 15.8. The van der Waals surface area contributed by atoms with Gasteiger partial charge in [0.2, 0.25) is 0 Å². The van der Waals surface area contributed by atoms with E-state index >= 15 is 0 Å². The molecule has 9 heteroatoms. The monoisotopic (exact) mass is 644 g/mol. The minimum absolute atomic E-state index is 0.0985. The Labute approximate surface area is 270 Å². The van der Waals surface area contributed by atoms with E-state index in [1.807, 2.05) is 32.0 Å². The van der Waals surface area contributed by atoms with Crippen molar-refractivity contribution in [3.63, 3.8) is 0 Å². The van der Waals surface area contributed by atoms with E-state index in [1.165, 1.54) is 11.1 Å². The Morgan fingerprint density at radius 3 is 2.66 bits per heavy atom. The van der Waals surface area contributed by atoms with Crippen molar-refractivity contribution in [1.29, 1.82) is 0 Å². The van der Waals surface area contributed by atoms with Crippen LogP contribution in [-0.2, 0) is 22.1 Å². The van der Waals surface area contributed by atoms with Crippen molar-refractivity contribution in [3.05, 3.63) is 58.1 Å². The van der Waals surface area contributed by atoms with Crippen molar-refractivity contribution in [2.75, 3.05) is 31.7 Å². The van der Waals surface area contributed by atoms with Crippen molar-refractivity contribution in [1.82, 2.24) is 4.72 Å². The Hall–Kier alpha value is -2.13. The van der Waals surface area contributed by atoms with Crippen LogP contribution in [0, 0.1) is 17.8 Å². The Morgan fingerprint density at radius 2 is 1.98 bits per heavy atom. The molecular weight excluding hydrogens is 596 g/mol. The maximum absolute atomic E-state index is 13.4. The van der Waals surface area contributed by atoms with Crippen LogP contribution in [0.4, 0.5) is 5.69 Å². The van der Waals surface area contributed by atoms with Crippen molar-refractivity contribution in [3.8, 4) is 5.75 Å².